The number of hydrogen-bond donors (Lipinski definition) is 3. The van der Waals surface area contributed by atoms with Gasteiger partial charge in [0.25, 0.3) is 5.91 Å². The Kier molecular flexibility index (Phi) is 6.25. The van der Waals surface area contributed by atoms with Crippen LogP contribution in [-0.2, 0) is 10.2 Å². The first kappa shape index (κ1) is 19.8. The van der Waals surface area contributed by atoms with E-state index in [0.717, 1.165) is 0 Å². The number of carbonyl (C=O) groups is 2. The third-order valence-corrected chi connectivity index (χ3v) is 4.36. The molecule has 140 valence electrons. The van der Waals surface area contributed by atoms with Gasteiger partial charge in [-0.1, -0.05) is 38.6 Å². The molecule has 4 N–H and O–H groups in total. The van der Waals surface area contributed by atoms with E-state index in [-0.39, 0.29) is 23.0 Å². The van der Waals surface area contributed by atoms with E-state index in [2.05, 4.69) is 20.8 Å². The van der Waals surface area contributed by atoms with Gasteiger partial charge in [-0.2, -0.15) is 0 Å². The summed E-state index contributed by atoms with van der Waals surface area (Å²) in [6, 6.07) is 6.78. The summed E-state index contributed by atoms with van der Waals surface area (Å²) in [6.07, 6.45) is 0. The molecule has 1 heterocycles. The fourth-order valence-corrected chi connectivity index (χ4v) is 2.87. The lowest BCUT2D eigenvalue weighted by Crippen LogP contribution is -2.24. The second-order valence-electron chi connectivity index (χ2n) is 6.70. The van der Waals surface area contributed by atoms with Crippen molar-refractivity contribution in [2.24, 2.45) is 0 Å². The van der Waals surface area contributed by atoms with Gasteiger partial charge in [-0.25, -0.2) is 4.68 Å². The SMILES string of the molecule is CCNC(=O)c1cccc(NC(=O)CSc2nnc(C(C)(C)C)n2N)c1. The van der Waals surface area contributed by atoms with Crippen LogP contribution in [-0.4, -0.2) is 39.0 Å². The molecular formula is C17H24N6O2S. The molecule has 0 atom stereocenters. The lowest BCUT2D eigenvalue weighted by atomic mass is 9.96. The molecule has 26 heavy (non-hydrogen) atoms. The molecular weight excluding hydrogens is 352 g/mol. The van der Waals surface area contributed by atoms with Crippen LogP contribution in [0.1, 0.15) is 43.9 Å². The Morgan fingerprint density at radius 2 is 2.00 bits per heavy atom. The van der Waals surface area contributed by atoms with Crippen LogP contribution in [0.25, 0.3) is 0 Å². The van der Waals surface area contributed by atoms with Gasteiger partial charge < -0.3 is 16.5 Å². The van der Waals surface area contributed by atoms with Crippen molar-refractivity contribution in [1.29, 1.82) is 0 Å². The number of nitrogens with one attached hydrogen (secondary N) is 2. The van der Waals surface area contributed by atoms with Crippen molar-refractivity contribution in [3.05, 3.63) is 35.7 Å². The number of benzene rings is 1. The van der Waals surface area contributed by atoms with Crippen molar-refractivity contribution in [1.82, 2.24) is 20.2 Å². The molecule has 0 aliphatic rings. The first-order valence-corrected chi connectivity index (χ1v) is 9.22. The Morgan fingerprint density at radius 1 is 1.27 bits per heavy atom. The van der Waals surface area contributed by atoms with Gasteiger partial charge in [0.2, 0.25) is 11.1 Å². The molecule has 2 amide bonds. The minimum absolute atomic E-state index is 0.130. The summed E-state index contributed by atoms with van der Waals surface area (Å²) in [5.74, 6) is 6.39. The fraction of sp³-hybridized carbons (Fsp3) is 0.412. The lowest BCUT2D eigenvalue weighted by Gasteiger charge is -2.16. The quantitative estimate of drug-likeness (QED) is 0.523. The number of hydrogen-bond acceptors (Lipinski definition) is 6. The zero-order valence-corrected chi connectivity index (χ0v) is 16.2. The minimum atomic E-state index is -0.234. The van der Waals surface area contributed by atoms with Gasteiger partial charge >= 0.3 is 0 Å². The Labute approximate surface area is 156 Å². The molecule has 0 saturated carbocycles. The predicted octanol–water partition coefficient (Wildman–Crippen LogP) is 1.77. The second kappa shape index (κ2) is 8.22. The van der Waals surface area contributed by atoms with Gasteiger partial charge in [0.15, 0.2) is 5.82 Å². The summed E-state index contributed by atoms with van der Waals surface area (Å²) in [5.41, 5.74) is 0.820. The smallest absolute Gasteiger partial charge is 0.251 e. The highest BCUT2D eigenvalue weighted by molar-refractivity contribution is 7.99. The summed E-state index contributed by atoms with van der Waals surface area (Å²) in [7, 11) is 0. The molecule has 1 aromatic heterocycles. The average Bonchev–Trinajstić information content (AvgIpc) is 2.94. The third kappa shape index (κ3) is 4.98. The molecule has 2 aromatic rings. The second-order valence-corrected chi connectivity index (χ2v) is 7.65. The normalized spacial score (nSPS) is 11.2. The highest BCUT2D eigenvalue weighted by Gasteiger charge is 2.23. The summed E-state index contributed by atoms with van der Waals surface area (Å²) < 4.78 is 1.41. The molecule has 0 spiro atoms. The van der Waals surface area contributed by atoms with Gasteiger partial charge in [-0.3, -0.25) is 9.59 Å². The van der Waals surface area contributed by atoms with E-state index in [1.165, 1.54) is 16.4 Å². The largest absolute Gasteiger partial charge is 0.352 e. The number of anilines is 1. The zero-order valence-electron chi connectivity index (χ0n) is 15.4. The molecule has 1 aromatic carbocycles. The highest BCUT2D eigenvalue weighted by Crippen LogP contribution is 2.23. The number of amides is 2. The Morgan fingerprint density at radius 3 is 2.62 bits per heavy atom. The molecule has 0 saturated heterocycles. The molecule has 2 rings (SSSR count). The Hall–Kier alpha value is -2.55. The number of rotatable bonds is 6. The van der Waals surface area contributed by atoms with Crippen LogP contribution in [0.15, 0.2) is 29.4 Å². The number of thioether (sulfide) groups is 1. The molecule has 8 nitrogen and oxygen atoms in total. The molecule has 0 unspecified atom stereocenters. The number of aromatic nitrogens is 3. The van der Waals surface area contributed by atoms with Crippen molar-refractivity contribution in [2.75, 3.05) is 23.5 Å². The van der Waals surface area contributed by atoms with E-state index in [1.807, 2.05) is 27.7 Å². The van der Waals surface area contributed by atoms with Gasteiger partial charge in [0.1, 0.15) is 0 Å². The average molecular weight is 376 g/mol. The standard InChI is InChI=1S/C17H24N6O2S/c1-5-19-14(25)11-7-6-8-12(9-11)20-13(24)10-26-16-22-21-15(23(16)18)17(2,3)4/h6-9H,5,10,18H2,1-4H3,(H,19,25)(H,20,24). The minimum Gasteiger partial charge on any atom is -0.352 e. The fourth-order valence-electron chi connectivity index (χ4n) is 2.21. The van der Waals surface area contributed by atoms with E-state index >= 15 is 0 Å². The van der Waals surface area contributed by atoms with E-state index in [1.54, 1.807) is 24.3 Å². The maximum absolute atomic E-state index is 12.2. The van der Waals surface area contributed by atoms with Crippen molar-refractivity contribution in [3.8, 4) is 0 Å². The number of nitrogen functional groups attached to an aromatic ring is 1. The highest BCUT2D eigenvalue weighted by atomic mass is 32.2. The Bertz CT molecular complexity index is 797. The zero-order chi connectivity index (χ0) is 19.3. The summed E-state index contributed by atoms with van der Waals surface area (Å²) in [4.78, 5) is 24.0. The number of nitrogens with two attached hydrogens (primary N) is 1. The van der Waals surface area contributed by atoms with Crippen LogP contribution < -0.4 is 16.5 Å². The molecule has 0 fully saturated rings. The van der Waals surface area contributed by atoms with Crippen molar-refractivity contribution >= 4 is 29.3 Å². The number of nitrogens with zero attached hydrogens (tertiary/aromatic N) is 3. The molecule has 9 heteroatoms. The lowest BCUT2D eigenvalue weighted by molar-refractivity contribution is -0.113. The van der Waals surface area contributed by atoms with Gasteiger partial charge in [-0.05, 0) is 25.1 Å². The molecule has 0 bridgehead atoms. The summed E-state index contributed by atoms with van der Waals surface area (Å²) >= 11 is 1.20. The topological polar surface area (TPSA) is 115 Å². The van der Waals surface area contributed by atoms with Crippen molar-refractivity contribution in [3.63, 3.8) is 0 Å². The van der Waals surface area contributed by atoms with Crippen LogP contribution in [0.3, 0.4) is 0 Å². The number of carbonyl (C=O) groups excluding carboxylic acids is 2. The maximum atomic E-state index is 12.2. The predicted molar refractivity (Wildman–Crippen MR) is 103 cm³/mol. The molecule has 0 aliphatic carbocycles. The Balaban J connectivity index is 1.97. The van der Waals surface area contributed by atoms with Crippen LogP contribution in [0.2, 0.25) is 0 Å². The third-order valence-electron chi connectivity index (χ3n) is 3.41. The van der Waals surface area contributed by atoms with Gasteiger partial charge in [0.05, 0.1) is 5.75 Å². The van der Waals surface area contributed by atoms with Crippen molar-refractivity contribution in [2.45, 2.75) is 38.3 Å². The van der Waals surface area contributed by atoms with Crippen molar-refractivity contribution < 1.29 is 9.59 Å². The van der Waals surface area contributed by atoms with Crippen LogP contribution in [0, 0.1) is 0 Å². The van der Waals surface area contributed by atoms with E-state index in [9.17, 15) is 9.59 Å². The van der Waals surface area contributed by atoms with E-state index in [0.29, 0.717) is 28.8 Å². The van der Waals surface area contributed by atoms with Crippen LogP contribution in [0.4, 0.5) is 5.69 Å². The van der Waals surface area contributed by atoms with Gasteiger partial charge in [-0.15, -0.1) is 10.2 Å². The van der Waals surface area contributed by atoms with E-state index < -0.39 is 0 Å². The van der Waals surface area contributed by atoms with Crippen LogP contribution in [0.5, 0.6) is 0 Å². The maximum Gasteiger partial charge on any atom is 0.251 e. The first-order valence-electron chi connectivity index (χ1n) is 8.24. The van der Waals surface area contributed by atoms with E-state index in [4.69, 9.17) is 5.84 Å². The van der Waals surface area contributed by atoms with Crippen LogP contribution >= 0.6 is 11.8 Å². The molecule has 0 aliphatic heterocycles. The van der Waals surface area contributed by atoms with Gasteiger partial charge in [0, 0.05) is 23.2 Å². The first-order chi connectivity index (χ1) is 12.2. The summed E-state index contributed by atoms with van der Waals surface area (Å²) in [6.45, 7) is 8.36. The summed E-state index contributed by atoms with van der Waals surface area (Å²) in [5, 5.41) is 14.1. The molecule has 0 radical (unpaired) electrons. The monoisotopic (exact) mass is 376 g/mol.